The van der Waals surface area contributed by atoms with Crippen LogP contribution in [0.25, 0.3) is 10.1 Å². The highest BCUT2D eigenvalue weighted by molar-refractivity contribution is 9.10. The number of anilines is 1. The molecule has 0 aliphatic carbocycles. The Hall–Kier alpha value is -0.540. The van der Waals surface area contributed by atoms with E-state index in [1.807, 2.05) is 12.1 Å². The average molecular weight is 242 g/mol. The largest absolute Gasteiger partial charge is 0.399 e. The van der Waals surface area contributed by atoms with E-state index in [-0.39, 0.29) is 0 Å². The number of rotatable bonds is 0. The molecule has 0 fully saturated rings. The summed E-state index contributed by atoms with van der Waals surface area (Å²) in [7, 11) is 0. The Kier molecular flexibility index (Phi) is 1.85. The molecule has 0 aliphatic heterocycles. The molecule has 0 unspecified atom stereocenters. The highest BCUT2D eigenvalue weighted by atomic mass is 79.9. The van der Waals surface area contributed by atoms with Gasteiger partial charge in [0.2, 0.25) is 0 Å². The molecule has 0 saturated heterocycles. The standard InChI is InChI=1S/C9H8BrNS/c1-5-2-6(11)3-8-9(5)7(10)4-12-8/h2-4H,11H2,1H3. The van der Waals surface area contributed by atoms with Crippen LogP contribution in [-0.4, -0.2) is 0 Å². The van der Waals surface area contributed by atoms with Crippen LogP contribution in [-0.2, 0) is 0 Å². The van der Waals surface area contributed by atoms with Crippen molar-refractivity contribution in [2.75, 3.05) is 5.73 Å². The van der Waals surface area contributed by atoms with Crippen LogP contribution >= 0.6 is 27.3 Å². The Balaban J connectivity index is 2.93. The van der Waals surface area contributed by atoms with Gasteiger partial charge in [0.1, 0.15) is 0 Å². The Bertz CT molecular complexity index is 433. The van der Waals surface area contributed by atoms with Gasteiger partial charge < -0.3 is 5.73 Å². The number of thiophene rings is 1. The van der Waals surface area contributed by atoms with Crippen molar-refractivity contribution in [1.29, 1.82) is 0 Å². The van der Waals surface area contributed by atoms with Crippen molar-refractivity contribution >= 4 is 43.0 Å². The number of fused-ring (bicyclic) bond motifs is 1. The Morgan fingerprint density at radius 1 is 1.42 bits per heavy atom. The van der Waals surface area contributed by atoms with Gasteiger partial charge in [0, 0.05) is 25.6 Å². The zero-order valence-corrected chi connectivity index (χ0v) is 9.00. The topological polar surface area (TPSA) is 26.0 Å². The lowest BCUT2D eigenvalue weighted by molar-refractivity contribution is 1.54. The fourth-order valence-corrected chi connectivity index (χ4v) is 3.23. The second-order valence-electron chi connectivity index (χ2n) is 2.79. The zero-order valence-electron chi connectivity index (χ0n) is 6.60. The average Bonchev–Trinajstić information content (AvgIpc) is 2.31. The number of hydrogen-bond acceptors (Lipinski definition) is 2. The lowest BCUT2D eigenvalue weighted by atomic mass is 10.1. The molecule has 1 aromatic carbocycles. The molecule has 0 atom stereocenters. The maximum Gasteiger partial charge on any atom is 0.0377 e. The van der Waals surface area contributed by atoms with Gasteiger partial charge in [-0.1, -0.05) is 0 Å². The number of nitrogens with two attached hydrogens (primary N) is 1. The summed E-state index contributed by atoms with van der Waals surface area (Å²) in [6, 6.07) is 4.01. The molecule has 2 rings (SSSR count). The highest BCUT2D eigenvalue weighted by Gasteiger charge is 2.04. The fraction of sp³-hybridized carbons (Fsp3) is 0.111. The van der Waals surface area contributed by atoms with Gasteiger partial charge in [0.05, 0.1) is 0 Å². The molecule has 1 heterocycles. The maximum atomic E-state index is 5.73. The molecule has 0 aliphatic rings. The minimum absolute atomic E-state index is 0.842. The summed E-state index contributed by atoms with van der Waals surface area (Å²) in [5, 5.41) is 3.38. The maximum absolute atomic E-state index is 5.73. The van der Waals surface area contributed by atoms with Crippen LogP contribution in [0.4, 0.5) is 5.69 Å². The van der Waals surface area contributed by atoms with Gasteiger partial charge in [0.15, 0.2) is 0 Å². The van der Waals surface area contributed by atoms with Gasteiger partial charge in [-0.15, -0.1) is 11.3 Å². The van der Waals surface area contributed by atoms with Crippen molar-refractivity contribution in [2.45, 2.75) is 6.92 Å². The quantitative estimate of drug-likeness (QED) is 0.702. The Labute approximate surface area is 83.3 Å². The van der Waals surface area contributed by atoms with Gasteiger partial charge in [-0.25, -0.2) is 0 Å². The third-order valence-electron chi connectivity index (χ3n) is 1.85. The van der Waals surface area contributed by atoms with Crippen molar-refractivity contribution in [1.82, 2.24) is 0 Å². The molecular formula is C9H8BrNS. The van der Waals surface area contributed by atoms with Crippen LogP contribution < -0.4 is 5.73 Å². The molecule has 12 heavy (non-hydrogen) atoms. The second kappa shape index (κ2) is 2.75. The van der Waals surface area contributed by atoms with E-state index in [2.05, 4.69) is 28.2 Å². The summed E-state index contributed by atoms with van der Waals surface area (Å²) in [4.78, 5) is 0. The molecule has 2 N–H and O–H groups in total. The van der Waals surface area contributed by atoms with Crippen molar-refractivity contribution in [3.05, 3.63) is 27.5 Å². The first-order valence-corrected chi connectivity index (χ1v) is 5.28. The molecule has 62 valence electrons. The van der Waals surface area contributed by atoms with Crippen LogP contribution in [0.2, 0.25) is 0 Å². The number of hydrogen-bond donors (Lipinski definition) is 1. The summed E-state index contributed by atoms with van der Waals surface area (Å²) in [5.74, 6) is 0. The first-order valence-electron chi connectivity index (χ1n) is 3.61. The number of nitrogen functional groups attached to an aromatic ring is 1. The third-order valence-corrected chi connectivity index (χ3v) is 3.71. The molecule has 0 bridgehead atoms. The summed E-state index contributed by atoms with van der Waals surface area (Å²) in [5.41, 5.74) is 7.80. The normalized spacial score (nSPS) is 10.8. The molecule has 0 radical (unpaired) electrons. The van der Waals surface area contributed by atoms with Crippen LogP contribution in [0.1, 0.15) is 5.56 Å². The van der Waals surface area contributed by atoms with Crippen molar-refractivity contribution in [3.8, 4) is 0 Å². The lowest BCUT2D eigenvalue weighted by Gasteiger charge is -1.98. The van der Waals surface area contributed by atoms with Crippen molar-refractivity contribution in [3.63, 3.8) is 0 Å². The minimum atomic E-state index is 0.842. The molecular weight excluding hydrogens is 234 g/mol. The Morgan fingerprint density at radius 3 is 2.92 bits per heavy atom. The monoisotopic (exact) mass is 241 g/mol. The van der Waals surface area contributed by atoms with Gasteiger partial charge in [0.25, 0.3) is 0 Å². The lowest BCUT2D eigenvalue weighted by Crippen LogP contribution is -1.84. The SMILES string of the molecule is Cc1cc(N)cc2scc(Br)c12. The number of benzene rings is 1. The first kappa shape index (κ1) is 8.08. The van der Waals surface area contributed by atoms with E-state index in [9.17, 15) is 0 Å². The van der Waals surface area contributed by atoms with Crippen molar-refractivity contribution in [2.24, 2.45) is 0 Å². The molecule has 0 saturated carbocycles. The second-order valence-corrected chi connectivity index (χ2v) is 4.56. The van der Waals surface area contributed by atoms with Gasteiger partial charge in [-0.05, 0) is 40.5 Å². The summed E-state index contributed by atoms with van der Waals surface area (Å²) in [6.45, 7) is 2.08. The predicted molar refractivity (Wildman–Crippen MR) is 58.7 cm³/mol. The van der Waals surface area contributed by atoms with E-state index < -0.39 is 0 Å². The third kappa shape index (κ3) is 1.13. The van der Waals surface area contributed by atoms with Crippen molar-refractivity contribution < 1.29 is 0 Å². The summed E-state index contributed by atoms with van der Waals surface area (Å²) >= 11 is 5.23. The number of aryl methyl sites for hydroxylation is 1. The summed E-state index contributed by atoms with van der Waals surface area (Å²) in [6.07, 6.45) is 0. The molecule has 0 amide bonds. The molecule has 0 spiro atoms. The smallest absolute Gasteiger partial charge is 0.0377 e. The van der Waals surface area contributed by atoms with E-state index >= 15 is 0 Å². The van der Waals surface area contributed by atoms with E-state index in [1.165, 1.54) is 20.1 Å². The van der Waals surface area contributed by atoms with Gasteiger partial charge in [-0.2, -0.15) is 0 Å². The molecule has 3 heteroatoms. The van der Waals surface area contributed by atoms with Gasteiger partial charge in [-0.3, -0.25) is 0 Å². The van der Waals surface area contributed by atoms with Crippen LogP contribution in [0.15, 0.2) is 22.0 Å². The molecule has 2 aromatic rings. The molecule has 1 nitrogen and oxygen atoms in total. The predicted octanol–water partition coefficient (Wildman–Crippen LogP) is 3.55. The van der Waals surface area contributed by atoms with Gasteiger partial charge >= 0.3 is 0 Å². The van der Waals surface area contributed by atoms with E-state index in [4.69, 9.17) is 5.73 Å². The van der Waals surface area contributed by atoms with E-state index in [1.54, 1.807) is 11.3 Å². The number of halogens is 1. The summed E-state index contributed by atoms with van der Waals surface area (Å²) < 4.78 is 2.42. The van der Waals surface area contributed by atoms with E-state index in [0.29, 0.717) is 0 Å². The fourth-order valence-electron chi connectivity index (χ4n) is 1.35. The zero-order chi connectivity index (χ0) is 8.72. The first-order chi connectivity index (χ1) is 5.68. The van der Waals surface area contributed by atoms with Crippen LogP contribution in [0.3, 0.4) is 0 Å². The van der Waals surface area contributed by atoms with E-state index in [0.717, 1.165) is 5.69 Å². The van der Waals surface area contributed by atoms with Crippen LogP contribution in [0.5, 0.6) is 0 Å². The minimum Gasteiger partial charge on any atom is -0.399 e. The molecule has 1 aromatic heterocycles. The highest BCUT2D eigenvalue weighted by Crippen LogP contribution is 2.34. The van der Waals surface area contributed by atoms with Crippen LogP contribution in [0, 0.1) is 6.92 Å². The Morgan fingerprint density at radius 2 is 2.17 bits per heavy atom.